The van der Waals surface area contributed by atoms with Gasteiger partial charge in [0.1, 0.15) is 0 Å². The maximum atomic E-state index is 5.73. The van der Waals surface area contributed by atoms with Crippen molar-refractivity contribution in [3.63, 3.8) is 0 Å². The third-order valence-electron chi connectivity index (χ3n) is 2.03. The van der Waals surface area contributed by atoms with E-state index in [-0.39, 0.29) is 6.04 Å². The molecule has 2 nitrogen and oxygen atoms in total. The molecule has 0 spiro atoms. The summed E-state index contributed by atoms with van der Waals surface area (Å²) in [5.41, 5.74) is 5.73. The van der Waals surface area contributed by atoms with Crippen LogP contribution in [0.5, 0.6) is 0 Å². The number of hydrogen-bond donors (Lipinski definition) is 1. The molecule has 0 bridgehead atoms. The number of nitrogens with two attached hydrogens (primary N) is 1. The molecule has 74 valence electrons. The van der Waals surface area contributed by atoms with Crippen LogP contribution < -0.4 is 5.73 Å². The second-order valence-electron chi connectivity index (χ2n) is 3.43. The lowest BCUT2D eigenvalue weighted by Gasteiger charge is -2.27. The van der Waals surface area contributed by atoms with Crippen molar-refractivity contribution in [3.05, 3.63) is 0 Å². The normalized spacial score (nSPS) is 16.5. The van der Waals surface area contributed by atoms with Crippen LogP contribution in [0.3, 0.4) is 0 Å². The Balaban J connectivity index is 3.76. The molecular weight excluding hydrogens is 168 g/mol. The molecule has 0 heterocycles. The standard InChI is InChI=1S/C9H22N2S/c1-5-9(7-12-4)11(3)6-8(2)10/h8-9H,5-7,10H2,1-4H3. The van der Waals surface area contributed by atoms with Gasteiger partial charge in [0.05, 0.1) is 0 Å². The first-order valence-electron chi connectivity index (χ1n) is 4.56. The van der Waals surface area contributed by atoms with Crippen LogP contribution in [-0.2, 0) is 0 Å². The van der Waals surface area contributed by atoms with Gasteiger partial charge in [-0.25, -0.2) is 0 Å². The number of rotatable bonds is 6. The van der Waals surface area contributed by atoms with E-state index < -0.39 is 0 Å². The SMILES string of the molecule is CCC(CSC)N(C)CC(C)N. The highest BCUT2D eigenvalue weighted by atomic mass is 32.2. The third kappa shape index (κ3) is 5.01. The topological polar surface area (TPSA) is 29.3 Å². The predicted molar refractivity (Wildman–Crippen MR) is 58.7 cm³/mol. The average molecular weight is 190 g/mol. The lowest BCUT2D eigenvalue weighted by atomic mass is 10.2. The Bertz CT molecular complexity index is 107. The Labute approximate surface area is 80.9 Å². The molecule has 3 heteroatoms. The molecule has 2 N–H and O–H groups in total. The van der Waals surface area contributed by atoms with Crippen LogP contribution in [0, 0.1) is 0 Å². The van der Waals surface area contributed by atoms with Gasteiger partial charge in [-0.1, -0.05) is 6.92 Å². The fourth-order valence-corrected chi connectivity index (χ4v) is 2.23. The summed E-state index contributed by atoms with van der Waals surface area (Å²) in [5, 5.41) is 0. The Morgan fingerprint density at radius 1 is 1.50 bits per heavy atom. The van der Waals surface area contributed by atoms with E-state index in [1.165, 1.54) is 12.2 Å². The van der Waals surface area contributed by atoms with Crippen LogP contribution in [-0.4, -0.2) is 42.6 Å². The molecule has 0 saturated carbocycles. The van der Waals surface area contributed by atoms with Crippen molar-refractivity contribution in [1.82, 2.24) is 4.90 Å². The molecule has 0 aliphatic rings. The molecule has 12 heavy (non-hydrogen) atoms. The maximum absolute atomic E-state index is 5.73. The first kappa shape index (κ1) is 12.3. The summed E-state index contributed by atoms with van der Waals surface area (Å²) in [6, 6.07) is 0.969. The molecule has 0 aromatic rings. The second-order valence-corrected chi connectivity index (χ2v) is 4.34. The maximum Gasteiger partial charge on any atom is 0.0181 e. The van der Waals surface area contributed by atoms with Crippen molar-refractivity contribution >= 4 is 11.8 Å². The zero-order valence-electron chi connectivity index (χ0n) is 8.71. The Morgan fingerprint density at radius 3 is 2.42 bits per heavy atom. The Kier molecular flexibility index (Phi) is 6.90. The van der Waals surface area contributed by atoms with Crippen LogP contribution >= 0.6 is 11.8 Å². The van der Waals surface area contributed by atoms with Gasteiger partial charge in [0.2, 0.25) is 0 Å². The van der Waals surface area contributed by atoms with Crippen molar-refractivity contribution in [1.29, 1.82) is 0 Å². The highest BCUT2D eigenvalue weighted by molar-refractivity contribution is 7.98. The largest absolute Gasteiger partial charge is 0.327 e. The van der Waals surface area contributed by atoms with Gasteiger partial charge >= 0.3 is 0 Å². The summed E-state index contributed by atoms with van der Waals surface area (Å²) in [5.74, 6) is 1.21. The molecule has 0 saturated heterocycles. The molecule has 2 unspecified atom stereocenters. The summed E-state index contributed by atoms with van der Waals surface area (Å²) in [6.07, 6.45) is 3.37. The van der Waals surface area contributed by atoms with E-state index in [0.717, 1.165) is 6.54 Å². The molecule has 0 aromatic heterocycles. The van der Waals surface area contributed by atoms with Gasteiger partial charge in [0.15, 0.2) is 0 Å². The minimum absolute atomic E-state index is 0.283. The van der Waals surface area contributed by atoms with E-state index >= 15 is 0 Å². The molecule has 2 atom stereocenters. The predicted octanol–water partition coefficient (Wildman–Crippen LogP) is 1.41. The van der Waals surface area contributed by atoms with Crippen LogP contribution in [0.1, 0.15) is 20.3 Å². The van der Waals surface area contributed by atoms with E-state index in [1.54, 1.807) is 0 Å². The number of hydrogen-bond acceptors (Lipinski definition) is 3. The number of thioether (sulfide) groups is 1. The lowest BCUT2D eigenvalue weighted by molar-refractivity contribution is 0.245. The summed E-state index contributed by atoms with van der Waals surface area (Å²) >= 11 is 1.91. The zero-order chi connectivity index (χ0) is 9.56. The van der Waals surface area contributed by atoms with E-state index in [2.05, 4.69) is 32.1 Å². The van der Waals surface area contributed by atoms with Gasteiger partial charge in [-0.3, -0.25) is 0 Å². The first-order chi connectivity index (χ1) is 5.61. The number of nitrogens with zero attached hydrogens (tertiary/aromatic N) is 1. The summed E-state index contributed by atoms with van der Waals surface area (Å²) in [6.45, 7) is 5.29. The first-order valence-corrected chi connectivity index (χ1v) is 5.95. The minimum atomic E-state index is 0.283. The smallest absolute Gasteiger partial charge is 0.0181 e. The molecule has 0 fully saturated rings. The fraction of sp³-hybridized carbons (Fsp3) is 1.00. The molecule has 0 aromatic carbocycles. The van der Waals surface area contributed by atoms with Gasteiger partial charge < -0.3 is 10.6 Å². The van der Waals surface area contributed by atoms with Gasteiger partial charge in [0, 0.05) is 24.4 Å². The van der Waals surface area contributed by atoms with Gasteiger partial charge in [-0.2, -0.15) is 11.8 Å². The Hall–Kier alpha value is 0.270. The highest BCUT2D eigenvalue weighted by Gasteiger charge is 2.12. The molecule has 0 amide bonds. The molecule has 0 radical (unpaired) electrons. The monoisotopic (exact) mass is 190 g/mol. The van der Waals surface area contributed by atoms with Crippen molar-refractivity contribution in [2.45, 2.75) is 32.4 Å². The van der Waals surface area contributed by atoms with Crippen molar-refractivity contribution in [2.24, 2.45) is 5.73 Å². The third-order valence-corrected chi connectivity index (χ3v) is 2.75. The lowest BCUT2D eigenvalue weighted by Crippen LogP contribution is -2.40. The fourth-order valence-electron chi connectivity index (χ4n) is 1.35. The van der Waals surface area contributed by atoms with E-state index in [1.807, 2.05) is 11.8 Å². The van der Waals surface area contributed by atoms with Crippen molar-refractivity contribution in [2.75, 3.05) is 25.6 Å². The molecule has 0 rings (SSSR count). The van der Waals surface area contributed by atoms with Crippen LogP contribution in [0.15, 0.2) is 0 Å². The molecule has 0 aliphatic heterocycles. The van der Waals surface area contributed by atoms with Crippen LogP contribution in [0.4, 0.5) is 0 Å². The summed E-state index contributed by atoms with van der Waals surface area (Å²) in [7, 11) is 2.16. The quantitative estimate of drug-likeness (QED) is 0.686. The van der Waals surface area contributed by atoms with Crippen LogP contribution in [0.25, 0.3) is 0 Å². The van der Waals surface area contributed by atoms with Gasteiger partial charge in [-0.15, -0.1) is 0 Å². The van der Waals surface area contributed by atoms with Crippen molar-refractivity contribution in [3.8, 4) is 0 Å². The summed E-state index contributed by atoms with van der Waals surface area (Å²) < 4.78 is 0. The van der Waals surface area contributed by atoms with E-state index in [0.29, 0.717) is 6.04 Å². The van der Waals surface area contributed by atoms with Gasteiger partial charge in [-0.05, 0) is 26.6 Å². The zero-order valence-corrected chi connectivity index (χ0v) is 9.53. The van der Waals surface area contributed by atoms with E-state index in [4.69, 9.17) is 5.73 Å². The Morgan fingerprint density at radius 2 is 2.08 bits per heavy atom. The van der Waals surface area contributed by atoms with Crippen LogP contribution in [0.2, 0.25) is 0 Å². The second kappa shape index (κ2) is 6.75. The summed E-state index contributed by atoms with van der Waals surface area (Å²) in [4.78, 5) is 2.36. The molecular formula is C9H22N2S. The minimum Gasteiger partial charge on any atom is -0.327 e. The van der Waals surface area contributed by atoms with Gasteiger partial charge in [0.25, 0.3) is 0 Å². The highest BCUT2D eigenvalue weighted by Crippen LogP contribution is 2.07. The number of likely N-dealkylation sites (N-methyl/N-ethyl adjacent to an activating group) is 1. The average Bonchev–Trinajstić information content (AvgIpc) is 1.98. The van der Waals surface area contributed by atoms with E-state index in [9.17, 15) is 0 Å². The molecule has 0 aliphatic carbocycles. The van der Waals surface area contributed by atoms with Crippen molar-refractivity contribution < 1.29 is 0 Å².